The van der Waals surface area contributed by atoms with E-state index >= 15 is 0 Å². The second-order valence-electron chi connectivity index (χ2n) is 5.72. The molecule has 0 N–H and O–H groups in total. The first-order chi connectivity index (χ1) is 12.4. The maximum atomic E-state index is 12.5. The van der Waals surface area contributed by atoms with Crippen LogP contribution in [-0.4, -0.2) is 56.9 Å². The Morgan fingerprint density at radius 2 is 1.04 bits per heavy atom. The van der Waals surface area contributed by atoms with Crippen LogP contribution in [0.4, 0.5) is 0 Å². The van der Waals surface area contributed by atoms with Gasteiger partial charge in [0, 0.05) is 6.04 Å². The third kappa shape index (κ3) is 3.16. The predicted molar refractivity (Wildman–Crippen MR) is 87.3 cm³/mol. The van der Waals surface area contributed by atoms with Gasteiger partial charge in [0.25, 0.3) is 0 Å². The third-order valence-electron chi connectivity index (χ3n) is 4.43. The third-order valence-corrected chi connectivity index (χ3v) is 4.43. The van der Waals surface area contributed by atoms with Crippen molar-refractivity contribution >= 4 is 23.9 Å². The summed E-state index contributed by atoms with van der Waals surface area (Å²) < 4.78 is 20.4. The van der Waals surface area contributed by atoms with Crippen molar-refractivity contribution in [3.63, 3.8) is 0 Å². The topological polar surface area (TPSA) is 110 Å². The molecule has 0 spiro atoms. The summed E-state index contributed by atoms with van der Waals surface area (Å²) >= 11 is 0. The standard InChI is InChI=1S/C17H21NO8/c1-23-14(19)10-11(15(20)24-2)13(17(22)26-4)18(9-7-5-6-8-9)12(10)16(21)25-3/h9H,5-8H2,1-4H3. The second-order valence-corrected chi connectivity index (χ2v) is 5.72. The zero-order chi connectivity index (χ0) is 19.4. The predicted octanol–water partition coefficient (Wildman–Crippen LogP) is 1.75. The number of carbonyl (C=O) groups is 4. The van der Waals surface area contributed by atoms with E-state index in [0.29, 0.717) is 12.8 Å². The highest BCUT2D eigenvalue weighted by Crippen LogP contribution is 2.37. The first-order valence-electron chi connectivity index (χ1n) is 8.04. The number of ether oxygens (including phenoxy) is 4. The van der Waals surface area contributed by atoms with E-state index < -0.39 is 23.9 Å². The van der Waals surface area contributed by atoms with E-state index in [-0.39, 0.29) is 28.6 Å². The fourth-order valence-corrected chi connectivity index (χ4v) is 3.31. The van der Waals surface area contributed by atoms with Gasteiger partial charge in [-0.25, -0.2) is 19.2 Å². The van der Waals surface area contributed by atoms with E-state index in [1.807, 2.05) is 0 Å². The first-order valence-corrected chi connectivity index (χ1v) is 8.04. The van der Waals surface area contributed by atoms with E-state index in [0.717, 1.165) is 41.3 Å². The average molecular weight is 367 g/mol. The lowest BCUT2D eigenvalue weighted by Gasteiger charge is -2.18. The molecule has 0 saturated heterocycles. The molecule has 9 heteroatoms. The summed E-state index contributed by atoms with van der Waals surface area (Å²) in [7, 11) is 4.50. The van der Waals surface area contributed by atoms with E-state index in [4.69, 9.17) is 18.9 Å². The summed E-state index contributed by atoms with van der Waals surface area (Å²) in [6, 6.07) is -0.264. The van der Waals surface area contributed by atoms with Gasteiger partial charge < -0.3 is 23.5 Å². The average Bonchev–Trinajstić information content (AvgIpc) is 3.30. The minimum Gasteiger partial charge on any atom is -0.465 e. The molecule has 2 rings (SSSR count). The number of aromatic nitrogens is 1. The molecule has 1 fully saturated rings. The van der Waals surface area contributed by atoms with Gasteiger partial charge in [0.15, 0.2) is 0 Å². The van der Waals surface area contributed by atoms with Crippen molar-refractivity contribution in [3.8, 4) is 0 Å². The number of carbonyl (C=O) groups excluding carboxylic acids is 4. The van der Waals surface area contributed by atoms with Crippen LogP contribution in [0.25, 0.3) is 0 Å². The molecular formula is C17H21NO8. The van der Waals surface area contributed by atoms with Crippen LogP contribution < -0.4 is 0 Å². The molecule has 1 aliphatic rings. The highest BCUT2D eigenvalue weighted by molar-refractivity contribution is 6.15. The van der Waals surface area contributed by atoms with Crippen LogP contribution in [0.15, 0.2) is 0 Å². The molecule has 1 heterocycles. The SMILES string of the molecule is COC(=O)c1c(C(=O)OC)c(C(=O)OC)n(C2CCCC2)c1C(=O)OC. The highest BCUT2D eigenvalue weighted by atomic mass is 16.5. The quantitative estimate of drug-likeness (QED) is 0.572. The summed E-state index contributed by atoms with van der Waals surface area (Å²) in [5, 5.41) is 0. The number of esters is 4. The van der Waals surface area contributed by atoms with Crippen LogP contribution in [0.3, 0.4) is 0 Å². The maximum absolute atomic E-state index is 12.5. The maximum Gasteiger partial charge on any atom is 0.355 e. The molecule has 9 nitrogen and oxygen atoms in total. The molecule has 142 valence electrons. The Bertz CT molecular complexity index is 689. The van der Waals surface area contributed by atoms with Gasteiger partial charge in [0.2, 0.25) is 0 Å². The Morgan fingerprint density at radius 3 is 1.35 bits per heavy atom. The van der Waals surface area contributed by atoms with Crippen molar-refractivity contribution in [2.75, 3.05) is 28.4 Å². The van der Waals surface area contributed by atoms with Gasteiger partial charge in [-0.1, -0.05) is 12.8 Å². The fraction of sp³-hybridized carbons (Fsp3) is 0.529. The van der Waals surface area contributed by atoms with Crippen molar-refractivity contribution in [3.05, 3.63) is 22.5 Å². The van der Waals surface area contributed by atoms with Gasteiger partial charge in [-0.05, 0) is 12.8 Å². The van der Waals surface area contributed by atoms with Crippen molar-refractivity contribution in [1.29, 1.82) is 0 Å². The first kappa shape index (κ1) is 19.5. The molecule has 1 aromatic heterocycles. The van der Waals surface area contributed by atoms with E-state index in [2.05, 4.69) is 0 Å². The Balaban J connectivity index is 2.96. The molecule has 26 heavy (non-hydrogen) atoms. The number of hydrogen-bond acceptors (Lipinski definition) is 8. The van der Waals surface area contributed by atoms with Gasteiger partial charge in [0.1, 0.15) is 22.5 Å². The molecule has 0 amide bonds. The summed E-state index contributed by atoms with van der Waals surface area (Å²) in [6.45, 7) is 0. The van der Waals surface area contributed by atoms with Gasteiger partial charge in [-0.3, -0.25) is 0 Å². The van der Waals surface area contributed by atoms with Crippen LogP contribution >= 0.6 is 0 Å². The second kappa shape index (κ2) is 8.03. The monoisotopic (exact) mass is 367 g/mol. The van der Waals surface area contributed by atoms with Crippen LogP contribution in [0.5, 0.6) is 0 Å². The van der Waals surface area contributed by atoms with Gasteiger partial charge >= 0.3 is 23.9 Å². The fourth-order valence-electron chi connectivity index (χ4n) is 3.31. The Hall–Kier alpha value is -2.84. The highest BCUT2D eigenvalue weighted by Gasteiger charge is 2.41. The molecule has 1 saturated carbocycles. The number of nitrogens with zero attached hydrogens (tertiary/aromatic N) is 1. The largest absolute Gasteiger partial charge is 0.465 e. The number of methoxy groups -OCH3 is 4. The molecule has 0 unspecified atom stereocenters. The van der Waals surface area contributed by atoms with E-state index in [1.54, 1.807) is 0 Å². The lowest BCUT2D eigenvalue weighted by Crippen LogP contribution is -2.21. The van der Waals surface area contributed by atoms with Crippen molar-refractivity contribution in [1.82, 2.24) is 4.57 Å². The molecule has 1 aromatic rings. The van der Waals surface area contributed by atoms with Gasteiger partial charge in [-0.2, -0.15) is 0 Å². The molecule has 0 aliphatic heterocycles. The Kier molecular flexibility index (Phi) is 6.01. The zero-order valence-corrected chi connectivity index (χ0v) is 15.1. The van der Waals surface area contributed by atoms with Crippen LogP contribution in [0.1, 0.15) is 73.4 Å². The zero-order valence-electron chi connectivity index (χ0n) is 15.1. The van der Waals surface area contributed by atoms with Crippen LogP contribution in [-0.2, 0) is 18.9 Å². The molecule has 0 aromatic carbocycles. The lowest BCUT2D eigenvalue weighted by molar-refractivity contribution is 0.0530. The Labute approximate surface area is 150 Å². The lowest BCUT2D eigenvalue weighted by atomic mass is 10.1. The van der Waals surface area contributed by atoms with E-state index in [9.17, 15) is 19.2 Å². The molecule has 0 radical (unpaired) electrons. The van der Waals surface area contributed by atoms with Gasteiger partial charge in [0.05, 0.1) is 28.4 Å². The van der Waals surface area contributed by atoms with Crippen molar-refractivity contribution < 1.29 is 38.1 Å². The van der Waals surface area contributed by atoms with E-state index in [1.165, 1.54) is 4.57 Å². The minimum absolute atomic E-state index is 0.216. The summed E-state index contributed by atoms with van der Waals surface area (Å²) in [6.07, 6.45) is 3.10. The summed E-state index contributed by atoms with van der Waals surface area (Å²) in [5.74, 6) is -3.63. The molecule has 0 atom stereocenters. The number of rotatable bonds is 5. The Morgan fingerprint density at radius 1 is 0.692 bits per heavy atom. The molecule has 1 aliphatic carbocycles. The summed E-state index contributed by atoms with van der Waals surface area (Å²) in [5.41, 5.74) is -1.16. The smallest absolute Gasteiger partial charge is 0.355 e. The van der Waals surface area contributed by atoms with Crippen LogP contribution in [0.2, 0.25) is 0 Å². The molecular weight excluding hydrogens is 346 g/mol. The number of hydrogen-bond donors (Lipinski definition) is 0. The van der Waals surface area contributed by atoms with Crippen molar-refractivity contribution in [2.24, 2.45) is 0 Å². The molecule has 0 bridgehead atoms. The normalized spacial score (nSPS) is 14.0. The van der Waals surface area contributed by atoms with Crippen LogP contribution in [0, 0.1) is 0 Å². The van der Waals surface area contributed by atoms with Gasteiger partial charge in [-0.15, -0.1) is 0 Å². The van der Waals surface area contributed by atoms with Crippen molar-refractivity contribution in [2.45, 2.75) is 31.7 Å². The summed E-state index contributed by atoms with van der Waals surface area (Å²) in [4.78, 5) is 49.7. The minimum atomic E-state index is -0.951.